The predicted molar refractivity (Wildman–Crippen MR) is 129 cm³/mol. The predicted octanol–water partition coefficient (Wildman–Crippen LogP) is 5.12. The standard InChI is InChI=1S/C22H24BrClFN5O2/c1-31-7-8-32-19-10-17-14(9-18(19)27-11-13-3-2-6-26-13)22(29-12-28-17)30-16-5-4-15(23)20(24)21(16)25/h4-5,9-10,12-13,26-27H,2-3,6-8,11H2,1H3,(H,28,29,30)/t13-/m0/s1. The molecule has 1 aliphatic rings. The number of benzene rings is 2. The van der Waals surface area contributed by atoms with E-state index < -0.39 is 5.82 Å². The summed E-state index contributed by atoms with van der Waals surface area (Å²) in [6.07, 6.45) is 3.72. The summed E-state index contributed by atoms with van der Waals surface area (Å²) in [5.41, 5.74) is 1.71. The van der Waals surface area contributed by atoms with Gasteiger partial charge in [-0.05, 0) is 53.5 Å². The van der Waals surface area contributed by atoms with Crippen molar-refractivity contribution in [3.8, 4) is 5.75 Å². The van der Waals surface area contributed by atoms with Gasteiger partial charge < -0.3 is 25.4 Å². The minimum absolute atomic E-state index is 0.00797. The van der Waals surface area contributed by atoms with Gasteiger partial charge in [0.2, 0.25) is 0 Å². The van der Waals surface area contributed by atoms with E-state index >= 15 is 0 Å². The molecule has 0 spiro atoms. The summed E-state index contributed by atoms with van der Waals surface area (Å²) in [4.78, 5) is 8.71. The molecule has 0 unspecified atom stereocenters. The van der Waals surface area contributed by atoms with E-state index in [0.29, 0.717) is 40.8 Å². The maximum absolute atomic E-state index is 14.6. The first-order valence-electron chi connectivity index (χ1n) is 10.3. The van der Waals surface area contributed by atoms with Gasteiger partial charge in [0.15, 0.2) is 5.82 Å². The Labute approximate surface area is 199 Å². The van der Waals surface area contributed by atoms with Crippen LogP contribution in [0.5, 0.6) is 5.75 Å². The van der Waals surface area contributed by atoms with Crippen LogP contribution in [0.1, 0.15) is 12.8 Å². The van der Waals surface area contributed by atoms with E-state index in [0.717, 1.165) is 30.6 Å². The molecule has 4 rings (SSSR count). The summed E-state index contributed by atoms with van der Waals surface area (Å²) < 4.78 is 26.2. The fraction of sp³-hybridized carbons (Fsp3) is 0.364. The van der Waals surface area contributed by atoms with Crippen LogP contribution < -0.4 is 20.7 Å². The van der Waals surface area contributed by atoms with Gasteiger partial charge in [0.25, 0.3) is 0 Å². The van der Waals surface area contributed by atoms with E-state index in [-0.39, 0.29) is 10.7 Å². The molecule has 1 aromatic heterocycles. The normalized spacial score (nSPS) is 15.8. The summed E-state index contributed by atoms with van der Waals surface area (Å²) >= 11 is 9.27. The number of halogens is 3. The highest BCUT2D eigenvalue weighted by Crippen LogP contribution is 2.36. The number of fused-ring (bicyclic) bond motifs is 1. The first-order valence-corrected chi connectivity index (χ1v) is 11.5. The zero-order valence-corrected chi connectivity index (χ0v) is 19.9. The van der Waals surface area contributed by atoms with Gasteiger partial charge in [0.05, 0.1) is 28.5 Å². The van der Waals surface area contributed by atoms with Crippen LogP contribution in [-0.4, -0.2) is 49.4 Å². The van der Waals surface area contributed by atoms with Gasteiger partial charge in [-0.3, -0.25) is 0 Å². The maximum Gasteiger partial charge on any atom is 0.166 e. The van der Waals surface area contributed by atoms with E-state index in [1.807, 2.05) is 12.1 Å². The number of nitrogens with zero attached hydrogens (tertiary/aromatic N) is 2. The molecule has 7 nitrogen and oxygen atoms in total. The van der Waals surface area contributed by atoms with Gasteiger partial charge in [-0.1, -0.05) is 11.6 Å². The molecular formula is C22H24BrClFN5O2. The topological polar surface area (TPSA) is 80.3 Å². The highest BCUT2D eigenvalue weighted by atomic mass is 79.9. The molecule has 170 valence electrons. The Bertz CT molecular complexity index is 1100. The Hall–Kier alpha value is -2.20. The zero-order chi connectivity index (χ0) is 22.5. The molecule has 1 aliphatic heterocycles. The molecule has 3 aromatic rings. The van der Waals surface area contributed by atoms with Crippen LogP contribution in [-0.2, 0) is 4.74 Å². The molecule has 0 amide bonds. The first-order chi connectivity index (χ1) is 15.6. The van der Waals surface area contributed by atoms with Crippen molar-refractivity contribution in [3.05, 3.63) is 45.9 Å². The summed E-state index contributed by atoms with van der Waals surface area (Å²) in [7, 11) is 1.63. The SMILES string of the molecule is COCCOc1cc2ncnc(Nc3ccc(Br)c(Cl)c3F)c2cc1NC[C@@H]1CCCN1. The van der Waals surface area contributed by atoms with Crippen molar-refractivity contribution >= 4 is 55.6 Å². The number of aromatic nitrogens is 2. The molecular weight excluding hydrogens is 501 g/mol. The van der Waals surface area contributed by atoms with Crippen LogP contribution in [0.3, 0.4) is 0 Å². The highest BCUT2D eigenvalue weighted by molar-refractivity contribution is 9.10. The second-order valence-electron chi connectivity index (χ2n) is 7.45. The lowest BCUT2D eigenvalue weighted by atomic mass is 10.1. The highest BCUT2D eigenvalue weighted by Gasteiger charge is 2.17. The minimum Gasteiger partial charge on any atom is -0.489 e. The number of hydrogen-bond acceptors (Lipinski definition) is 7. The number of methoxy groups -OCH3 is 1. The van der Waals surface area contributed by atoms with E-state index in [2.05, 4.69) is 41.8 Å². The van der Waals surface area contributed by atoms with Gasteiger partial charge in [0.1, 0.15) is 24.5 Å². The van der Waals surface area contributed by atoms with Gasteiger partial charge in [-0.15, -0.1) is 0 Å². The van der Waals surface area contributed by atoms with Gasteiger partial charge in [0, 0.05) is 35.6 Å². The lowest BCUT2D eigenvalue weighted by Gasteiger charge is -2.18. The molecule has 3 N–H and O–H groups in total. The third-order valence-corrected chi connectivity index (χ3v) is 6.53. The van der Waals surface area contributed by atoms with Crippen molar-refractivity contribution in [1.82, 2.24) is 15.3 Å². The van der Waals surface area contributed by atoms with Crippen molar-refractivity contribution < 1.29 is 13.9 Å². The smallest absolute Gasteiger partial charge is 0.166 e. The van der Waals surface area contributed by atoms with Crippen molar-refractivity contribution in [3.63, 3.8) is 0 Å². The third kappa shape index (κ3) is 5.23. The molecule has 0 aliphatic carbocycles. The fourth-order valence-electron chi connectivity index (χ4n) is 3.59. The Morgan fingerprint density at radius 1 is 1.25 bits per heavy atom. The summed E-state index contributed by atoms with van der Waals surface area (Å²) in [6, 6.07) is 7.47. The van der Waals surface area contributed by atoms with Gasteiger partial charge in [-0.2, -0.15) is 0 Å². The average Bonchev–Trinajstić information content (AvgIpc) is 3.32. The quantitative estimate of drug-likeness (QED) is 0.265. The maximum atomic E-state index is 14.6. The zero-order valence-electron chi connectivity index (χ0n) is 17.6. The molecule has 2 heterocycles. The van der Waals surface area contributed by atoms with Crippen LogP contribution in [0.15, 0.2) is 35.1 Å². The molecule has 0 saturated carbocycles. The molecule has 32 heavy (non-hydrogen) atoms. The third-order valence-electron chi connectivity index (χ3n) is 5.27. The average molecular weight is 525 g/mol. The summed E-state index contributed by atoms with van der Waals surface area (Å²) in [5.74, 6) is 0.589. The largest absolute Gasteiger partial charge is 0.489 e. The number of hydrogen-bond donors (Lipinski definition) is 3. The second kappa shape index (κ2) is 10.6. The van der Waals surface area contributed by atoms with E-state index in [1.54, 1.807) is 19.2 Å². The summed E-state index contributed by atoms with van der Waals surface area (Å²) in [6.45, 7) is 2.68. The number of nitrogens with one attached hydrogen (secondary N) is 3. The number of ether oxygens (including phenoxy) is 2. The van der Waals surface area contributed by atoms with Crippen molar-refractivity contribution in [2.75, 3.05) is 44.0 Å². The number of rotatable bonds is 9. The molecule has 0 radical (unpaired) electrons. The fourth-order valence-corrected chi connectivity index (χ4v) is 4.06. The Balaban J connectivity index is 1.67. The van der Waals surface area contributed by atoms with Crippen LogP contribution >= 0.6 is 27.5 Å². The van der Waals surface area contributed by atoms with E-state index in [4.69, 9.17) is 21.1 Å². The van der Waals surface area contributed by atoms with Crippen molar-refractivity contribution in [2.45, 2.75) is 18.9 Å². The molecule has 1 atom stereocenters. The van der Waals surface area contributed by atoms with Crippen LogP contribution in [0.4, 0.5) is 21.6 Å². The lowest BCUT2D eigenvalue weighted by Crippen LogP contribution is -2.29. The summed E-state index contributed by atoms with van der Waals surface area (Å²) in [5, 5.41) is 10.7. The molecule has 0 bridgehead atoms. The Morgan fingerprint density at radius 2 is 2.12 bits per heavy atom. The Kier molecular flexibility index (Phi) is 7.62. The minimum atomic E-state index is -0.557. The molecule has 1 fully saturated rings. The Morgan fingerprint density at radius 3 is 2.91 bits per heavy atom. The lowest BCUT2D eigenvalue weighted by molar-refractivity contribution is 0.147. The first kappa shape index (κ1) is 23.0. The molecule has 10 heteroatoms. The van der Waals surface area contributed by atoms with Crippen LogP contribution in [0.2, 0.25) is 5.02 Å². The van der Waals surface area contributed by atoms with Gasteiger partial charge in [-0.25, -0.2) is 14.4 Å². The van der Waals surface area contributed by atoms with E-state index in [1.165, 1.54) is 12.7 Å². The van der Waals surface area contributed by atoms with Crippen LogP contribution in [0, 0.1) is 5.82 Å². The monoisotopic (exact) mass is 523 g/mol. The van der Waals surface area contributed by atoms with Crippen molar-refractivity contribution in [2.24, 2.45) is 0 Å². The van der Waals surface area contributed by atoms with Crippen LogP contribution in [0.25, 0.3) is 10.9 Å². The van der Waals surface area contributed by atoms with Crippen molar-refractivity contribution in [1.29, 1.82) is 0 Å². The molecule has 1 saturated heterocycles. The number of anilines is 3. The van der Waals surface area contributed by atoms with E-state index in [9.17, 15) is 4.39 Å². The van der Waals surface area contributed by atoms with Gasteiger partial charge >= 0.3 is 0 Å². The molecule has 2 aromatic carbocycles. The second-order valence-corrected chi connectivity index (χ2v) is 8.68.